The van der Waals surface area contributed by atoms with Gasteiger partial charge >= 0.3 is 0 Å². The number of halogens is 1. The highest BCUT2D eigenvalue weighted by molar-refractivity contribution is 6.30. The zero-order valence-electron chi connectivity index (χ0n) is 12.3. The lowest BCUT2D eigenvalue weighted by Crippen LogP contribution is -3.00. The Kier molecular flexibility index (Phi) is 4.43. The molecular formula is C17H15ClN2O2. The van der Waals surface area contributed by atoms with Gasteiger partial charge in [0.05, 0.1) is 19.7 Å². The van der Waals surface area contributed by atoms with Crippen molar-refractivity contribution >= 4 is 23.6 Å². The summed E-state index contributed by atoms with van der Waals surface area (Å²) in [5.41, 5.74) is 2.49. The van der Waals surface area contributed by atoms with E-state index in [0.29, 0.717) is 27.9 Å². The van der Waals surface area contributed by atoms with E-state index in [1.54, 1.807) is 48.8 Å². The summed E-state index contributed by atoms with van der Waals surface area (Å²) in [6.45, 7) is 0. The minimum absolute atomic E-state index is 0. The Balaban J connectivity index is 0.00000176. The molecule has 0 aromatic heterocycles. The lowest BCUT2D eigenvalue weighted by atomic mass is 9.83. The van der Waals surface area contributed by atoms with Crippen LogP contribution in [0.25, 0.3) is 0 Å². The van der Waals surface area contributed by atoms with Gasteiger partial charge in [0.25, 0.3) is 0 Å². The number of rotatable bonds is 2. The van der Waals surface area contributed by atoms with Gasteiger partial charge < -0.3 is 12.4 Å². The van der Waals surface area contributed by atoms with Crippen LogP contribution >= 0.6 is 0 Å². The maximum Gasteiger partial charge on any atom is 0.236 e. The number of hydrogen-bond donors (Lipinski definition) is 1. The molecule has 2 aromatic carbocycles. The summed E-state index contributed by atoms with van der Waals surface area (Å²) in [7, 11) is 3.76. The monoisotopic (exact) mass is 314 g/mol. The molecular weight excluding hydrogens is 300 g/mol. The summed E-state index contributed by atoms with van der Waals surface area (Å²) in [5.74, 6) is -0.218. The van der Waals surface area contributed by atoms with Crippen LogP contribution in [0.5, 0.6) is 0 Å². The minimum atomic E-state index is -0.115. The molecule has 1 aliphatic rings. The Bertz CT molecular complexity index is 793. The van der Waals surface area contributed by atoms with Crippen LogP contribution in [0.15, 0.2) is 42.5 Å². The van der Waals surface area contributed by atoms with Crippen molar-refractivity contribution in [1.82, 2.24) is 0 Å². The molecule has 112 valence electrons. The van der Waals surface area contributed by atoms with Crippen molar-refractivity contribution in [2.24, 2.45) is 0 Å². The molecule has 1 aliphatic carbocycles. The molecule has 0 saturated carbocycles. The van der Waals surface area contributed by atoms with Crippen molar-refractivity contribution in [3.05, 3.63) is 64.7 Å². The highest BCUT2D eigenvalue weighted by Gasteiger charge is 2.32. The number of carbonyl (C=O) groups excluding carboxylic acids is 2. The summed E-state index contributed by atoms with van der Waals surface area (Å²) >= 11 is 0. The molecule has 0 atom stereocenters. The van der Waals surface area contributed by atoms with Crippen molar-refractivity contribution < 1.29 is 26.6 Å². The van der Waals surface area contributed by atoms with Gasteiger partial charge in [0.15, 0.2) is 11.6 Å². The van der Waals surface area contributed by atoms with E-state index in [9.17, 15) is 9.59 Å². The van der Waals surface area contributed by atoms with E-state index in [0.717, 1.165) is 0 Å². The number of hydrogen-bond acceptors (Lipinski definition) is 2. The number of anilines is 1. The summed E-state index contributed by atoms with van der Waals surface area (Å²) in [6, 6.07) is 12.2. The SMILES string of the molecule is C[N+](C)=CNc1cccc2c1C(=O)c1ccccc1C2=O.[Cl-]. The second-order valence-electron chi connectivity index (χ2n) is 5.17. The van der Waals surface area contributed by atoms with Gasteiger partial charge in [-0.05, 0) is 12.1 Å². The summed E-state index contributed by atoms with van der Waals surface area (Å²) < 4.78 is 1.84. The lowest BCUT2D eigenvalue weighted by molar-refractivity contribution is -0.459. The third kappa shape index (κ3) is 2.53. The number of carbonyl (C=O) groups is 2. The highest BCUT2D eigenvalue weighted by Crippen LogP contribution is 2.31. The molecule has 1 N–H and O–H groups in total. The zero-order valence-corrected chi connectivity index (χ0v) is 13.0. The molecule has 0 radical (unpaired) electrons. The van der Waals surface area contributed by atoms with Crippen LogP contribution in [0.4, 0.5) is 5.69 Å². The first-order valence-electron chi connectivity index (χ1n) is 6.67. The normalized spacial score (nSPS) is 11.9. The average Bonchev–Trinajstić information content (AvgIpc) is 2.50. The van der Waals surface area contributed by atoms with Gasteiger partial charge in [-0.25, -0.2) is 5.32 Å². The molecule has 4 nitrogen and oxygen atoms in total. The Morgan fingerprint density at radius 3 is 2.09 bits per heavy atom. The third-order valence-corrected chi connectivity index (χ3v) is 3.43. The van der Waals surface area contributed by atoms with Crippen molar-refractivity contribution in [2.75, 3.05) is 19.4 Å². The van der Waals surface area contributed by atoms with E-state index in [-0.39, 0.29) is 24.0 Å². The van der Waals surface area contributed by atoms with E-state index < -0.39 is 0 Å². The van der Waals surface area contributed by atoms with Crippen LogP contribution in [0.3, 0.4) is 0 Å². The average molecular weight is 315 g/mol. The van der Waals surface area contributed by atoms with Crippen LogP contribution in [-0.2, 0) is 0 Å². The topological polar surface area (TPSA) is 49.2 Å². The molecule has 22 heavy (non-hydrogen) atoms. The Morgan fingerprint density at radius 1 is 0.864 bits per heavy atom. The molecule has 0 aliphatic heterocycles. The zero-order chi connectivity index (χ0) is 15.0. The fourth-order valence-electron chi connectivity index (χ4n) is 2.46. The van der Waals surface area contributed by atoms with Gasteiger partial charge in [0.2, 0.25) is 6.34 Å². The standard InChI is InChI=1S/C17H14N2O2.ClH/c1-19(2)10-18-14-9-5-8-13-15(14)17(21)12-7-4-3-6-11(12)16(13)20;/h3-10H,1-2H3;1H. The molecule has 2 aromatic rings. The number of nitrogens with zero attached hydrogens (tertiary/aromatic N) is 1. The molecule has 0 heterocycles. The predicted molar refractivity (Wildman–Crippen MR) is 81.5 cm³/mol. The minimum Gasteiger partial charge on any atom is -1.00 e. The lowest BCUT2D eigenvalue weighted by Gasteiger charge is -2.18. The number of ketones is 2. The summed E-state index contributed by atoms with van der Waals surface area (Å²) in [4.78, 5) is 25.2. The Labute approximate surface area is 134 Å². The van der Waals surface area contributed by atoms with Crippen LogP contribution < -0.4 is 17.7 Å². The van der Waals surface area contributed by atoms with E-state index in [1.165, 1.54) is 0 Å². The van der Waals surface area contributed by atoms with E-state index in [1.807, 2.05) is 18.7 Å². The predicted octanol–water partition coefficient (Wildman–Crippen LogP) is -0.822. The van der Waals surface area contributed by atoms with Gasteiger partial charge in [0.1, 0.15) is 5.69 Å². The summed E-state index contributed by atoms with van der Waals surface area (Å²) in [6.07, 6.45) is 1.74. The van der Waals surface area contributed by atoms with Crippen LogP contribution in [-0.4, -0.2) is 36.6 Å². The Hall–Kier alpha value is -2.46. The molecule has 5 heteroatoms. The number of nitrogens with one attached hydrogen (secondary N) is 1. The van der Waals surface area contributed by atoms with Crippen molar-refractivity contribution in [1.29, 1.82) is 0 Å². The maximum absolute atomic E-state index is 12.7. The van der Waals surface area contributed by atoms with Gasteiger partial charge in [-0.15, -0.1) is 0 Å². The van der Waals surface area contributed by atoms with Crippen LogP contribution in [0.2, 0.25) is 0 Å². The number of fused-ring (bicyclic) bond motifs is 2. The molecule has 0 unspecified atom stereocenters. The quantitative estimate of drug-likeness (QED) is 0.382. The molecule has 3 rings (SSSR count). The summed E-state index contributed by atoms with van der Waals surface area (Å²) in [5, 5.41) is 3.08. The molecule has 0 spiro atoms. The smallest absolute Gasteiger partial charge is 0.236 e. The number of benzene rings is 2. The fraction of sp³-hybridized carbons (Fsp3) is 0.118. The highest BCUT2D eigenvalue weighted by atomic mass is 35.5. The van der Waals surface area contributed by atoms with Gasteiger partial charge in [-0.2, -0.15) is 0 Å². The van der Waals surface area contributed by atoms with Crippen molar-refractivity contribution in [3.8, 4) is 0 Å². The van der Waals surface area contributed by atoms with Gasteiger partial charge in [0, 0.05) is 16.7 Å². The van der Waals surface area contributed by atoms with Crippen LogP contribution in [0, 0.1) is 0 Å². The molecule has 0 fully saturated rings. The van der Waals surface area contributed by atoms with Crippen LogP contribution in [0.1, 0.15) is 31.8 Å². The molecule has 0 amide bonds. The second-order valence-corrected chi connectivity index (χ2v) is 5.17. The van der Waals surface area contributed by atoms with Crippen molar-refractivity contribution in [2.45, 2.75) is 0 Å². The second kappa shape index (κ2) is 6.12. The first kappa shape index (κ1) is 15.9. The van der Waals surface area contributed by atoms with E-state index in [4.69, 9.17) is 0 Å². The fourth-order valence-corrected chi connectivity index (χ4v) is 2.46. The maximum atomic E-state index is 12.7. The first-order valence-corrected chi connectivity index (χ1v) is 6.67. The van der Waals surface area contributed by atoms with Gasteiger partial charge in [-0.3, -0.25) is 14.2 Å². The van der Waals surface area contributed by atoms with Crippen molar-refractivity contribution in [3.63, 3.8) is 0 Å². The van der Waals surface area contributed by atoms with E-state index in [2.05, 4.69) is 5.32 Å². The van der Waals surface area contributed by atoms with Gasteiger partial charge in [-0.1, -0.05) is 30.3 Å². The first-order chi connectivity index (χ1) is 10.1. The largest absolute Gasteiger partial charge is 1.00 e. The molecule has 0 saturated heterocycles. The Morgan fingerprint density at radius 2 is 1.45 bits per heavy atom. The molecule has 0 bridgehead atoms. The third-order valence-electron chi connectivity index (χ3n) is 3.43. The van der Waals surface area contributed by atoms with E-state index >= 15 is 0 Å².